The molecule has 2 atom stereocenters. The Hall–Kier alpha value is -4.33. The molecule has 2 unspecified atom stereocenters. The molecule has 0 radical (unpaired) electrons. The number of hydrogen-bond donors (Lipinski definition) is 2. The number of carbonyl (C=O) groups excluding carboxylic acids is 2. The van der Waals surface area contributed by atoms with E-state index in [0.717, 1.165) is 49.7 Å². The van der Waals surface area contributed by atoms with Gasteiger partial charge in [-0.25, -0.2) is 0 Å². The Kier molecular flexibility index (Phi) is 9.88. The van der Waals surface area contributed by atoms with Gasteiger partial charge in [0.2, 0.25) is 5.91 Å². The summed E-state index contributed by atoms with van der Waals surface area (Å²) in [5.41, 5.74) is 4.00. The lowest BCUT2D eigenvalue weighted by Crippen LogP contribution is -2.40. The quantitative estimate of drug-likeness (QED) is 0.261. The molecule has 0 spiro atoms. The molecule has 8 heteroatoms. The summed E-state index contributed by atoms with van der Waals surface area (Å²) in [6.07, 6.45) is 2.34. The SMILES string of the molecule is CCCNC(=O)C(c1ccccc1)C1CCN(c2ccc(NC(=O)c3ccccc3C3=CC=CC(C(F)(F)F)C3)cc2)CC1. The van der Waals surface area contributed by atoms with Crippen molar-refractivity contribution in [2.45, 2.75) is 44.7 Å². The van der Waals surface area contributed by atoms with E-state index in [0.29, 0.717) is 28.9 Å². The lowest BCUT2D eigenvalue weighted by atomic mass is 9.79. The minimum Gasteiger partial charge on any atom is -0.372 e. The number of anilines is 2. The van der Waals surface area contributed by atoms with Crippen LogP contribution in [0.25, 0.3) is 5.57 Å². The number of alkyl halides is 3. The summed E-state index contributed by atoms with van der Waals surface area (Å²) < 4.78 is 40.1. The van der Waals surface area contributed by atoms with Crippen LogP contribution in [0, 0.1) is 11.8 Å². The molecule has 0 bridgehead atoms. The molecular formula is C36H38F3N3O2. The maximum absolute atomic E-state index is 13.4. The van der Waals surface area contributed by atoms with Crippen LogP contribution in [0.15, 0.2) is 97.1 Å². The first-order chi connectivity index (χ1) is 21.2. The minimum absolute atomic E-state index is 0.0922. The number of hydrogen-bond acceptors (Lipinski definition) is 3. The second kappa shape index (κ2) is 14.0. The Morgan fingerprint density at radius 2 is 1.61 bits per heavy atom. The molecule has 3 aromatic rings. The molecule has 2 N–H and O–H groups in total. The maximum atomic E-state index is 13.4. The fourth-order valence-corrected chi connectivity index (χ4v) is 6.17. The van der Waals surface area contributed by atoms with Crippen molar-refractivity contribution >= 4 is 28.8 Å². The van der Waals surface area contributed by atoms with Crippen molar-refractivity contribution in [1.82, 2.24) is 5.32 Å². The molecule has 2 aliphatic rings. The van der Waals surface area contributed by atoms with Crippen LogP contribution in [0.3, 0.4) is 0 Å². The van der Waals surface area contributed by atoms with Crippen LogP contribution >= 0.6 is 0 Å². The Bertz CT molecular complexity index is 1490. The predicted octanol–water partition coefficient (Wildman–Crippen LogP) is 7.99. The minimum atomic E-state index is -4.34. The molecule has 1 heterocycles. The van der Waals surface area contributed by atoms with Crippen molar-refractivity contribution < 1.29 is 22.8 Å². The van der Waals surface area contributed by atoms with Gasteiger partial charge >= 0.3 is 6.18 Å². The number of nitrogens with zero attached hydrogens (tertiary/aromatic N) is 1. The fraction of sp³-hybridized carbons (Fsp3) is 0.333. The highest BCUT2D eigenvalue weighted by molar-refractivity contribution is 6.07. The summed E-state index contributed by atoms with van der Waals surface area (Å²) in [4.78, 5) is 28.7. The first-order valence-corrected chi connectivity index (χ1v) is 15.3. The number of allylic oxidation sites excluding steroid dienone is 4. The number of piperidine rings is 1. The van der Waals surface area contributed by atoms with Crippen LogP contribution < -0.4 is 15.5 Å². The summed E-state index contributed by atoms with van der Waals surface area (Å²) in [6, 6.07) is 24.4. The molecule has 0 saturated carbocycles. The van der Waals surface area contributed by atoms with Crippen LogP contribution in [-0.2, 0) is 4.79 Å². The molecule has 2 amide bonds. The van der Waals surface area contributed by atoms with Crippen molar-refractivity contribution in [1.29, 1.82) is 0 Å². The van der Waals surface area contributed by atoms with E-state index >= 15 is 0 Å². The van der Waals surface area contributed by atoms with Gasteiger partial charge in [-0.3, -0.25) is 9.59 Å². The summed E-state index contributed by atoms with van der Waals surface area (Å²) in [6.45, 7) is 4.35. The van der Waals surface area contributed by atoms with E-state index in [-0.39, 0.29) is 30.1 Å². The average molecular weight is 602 g/mol. The Morgan fingerprint density at radius 3 is 2.30 bits per heavy atom. The Balaban J connectivity index is 1.22. The van der Waals surface area contributed by atoms with E-state index in [1.54, 1.807) is 30.3 Å². The fourth-order valence-electron chi connectivity index (χ4n) is 6.17. The molecule has 3 aromatic carbocycles. The van der Waals surface area contributed by atoms with Crippen molar-refractivity contribution in [3.63, 3.8) is 0 Å². The van der Waals surface area contributed by atoms with Crippen LogP contribution in [0.2, 0.25) is 0 Å². The van der Waals surface area contributed by atoms with Crippen LogP contribution in [0.4, 0.5) is 24.5 Å². The van der Waals surface area contributed by atoms with Gasteiger partial charge in [-0.2, -0.15) is 13.2 Å². The lowest BCUT2D eigenvalue weighted by Gasteiger charge is -2.37. The largest absolute Gasteiger partial charge is 0.395 e. The molecule has 1 aliphatic heterocycles. The summed E-state index contributed by atoms with van der Waals surface area (Å²) in [5.74, 6) is -1.79. The predicted molar refractivity (Wildman–Crippen MR) is 170 cm³/mol. The van der Waals surface area contributed by atoms with Gasteiger partial charge in [-0.15, -0.1) is 0 Å². The van der Waals surface area contributed by atoms with Gasteiger partial charge in [0.1, 0.15) is 0 Å². The standard InChI is InChI=1S/C36H38F3N3O2/c1-2-21-40-35(44)33(25-9-4-3-5-10-25)26-19-22-42(23-20-26)30-17-15-29(16-18-30)41-34(43)32-14-7-6-13-31(32)27-11-8-12-28(24-27)36(37,38)39/h3-18,26,28,33H,2,19-24H2,1H3,(H,40,44)(H,41,43). The summed E-state index contributed by atoms with van der Waals surface area (Å²) in [5, 5.41) is 6.01. The number of rotatable bonds is 9. The van der Waals surface area contributed by atoms with E-state index < -0.39 is 12.1 Å². The molecule has 5 nitrogen and oxygen atoms in total. The highest BCUT2D eigenvalue weighted by Gasteiger charge is 2.39. The Morgan fingerprint density at radius 1 is 0.932 bits per heavy atom. The molecule has 1 aliphatic carbocycles. The number of halogens is 3. The molecule has 44 heavy (non-hydrogen) atoms. The normalized spacial score (nSPS) is 18.0. The average Bonchev–Trinajstić information content (AvgIpc) is 3.05. The zero-order chi connectivity index (χ0) is 31.1. The first-order valence-electron chi connectivity index (χ1n) is 15.3. The molecule has 1 saturated heterocycles. The van der Waals surface area contributed by atoms with Crippen LogP contribution in [0.5, 0.6) is 0 Å². The van der Waals surface area contributed by atoms with Crippen molar-refractivity contribution in [2.75, 3.05) is 29.9 Å². The van der Waals surface area contributed by atoms with E-state index in [4.69, 9.17) is 0 Å². The number of nitrogens with one attached hydrogen (secondary N) is 2. The second-order valence-corrected chi connectivity index (χ2v) is 11.5. The monoisotopic (exact) mass is 601 g/mol. The van der Waals surface area contributed by atoms with Crippen molar-refractivity contribution in [3.8, 4) is 0 Å². The van der Waals surface area contributed by atoms with Gasteiger partial charge < -0.3 is 15.5 Å². The van der Waals surface area contributed by atoms with Gasteiger partial charge in [0.15, 0.2) is 0 Å². The molecular weight excluding hydrogens is 563 g/mol. The van der Waals surface area contributed by atoms with Gasteiger partial charge in [0.25, 0.3) is 5.91 Å². The molecule has 1 fully saturated rings. The van der Waals surface area contributed by atoms with Crippen molar-refractivity contribution in [3.05, 3.63) is 114 Å². The second-order valence-electron chi connectivity index (χ2n) is 11.5. The zero-order valence-electron chi connectivity index (χ0n) is 24.8. The van der Waals surface area contributed by atoms with E-state index in [2.05, 4.69) is 22.5 Å². The Labute approximate surface area is 256 Å². The van der Waals surface area contributed by atoms with E-state index in [1.807, 2.05) is 54.6 Å². The maximum Gasteiger partial charge on any atom is 0.395 e. The van der Waals surface area contributed by atoms with E-state index in [1.165, 1.54) is 6.08 Å². The van der Waals surface area contributed by atoms with Gasteiger partial charge in [0, 0.05) is 36.6 Å². The third-order valence-corrected chi connectivity index (χ3v) is 8.51. The number of amides is 2. The summed E-state index contributed by atoms with van der Waals surface area (Å²) >= 11 is 0. The van der Waals surface area contributed by atoms with Gasteiger partial charge in [-0.1, -0.05) is 73.7 Å². The molecule has 0 aromatic heterocycles. The topological polar surface area (TPSA) is 61.4 Å². The smallest absolute Gasteiger partial charge is 0.372 e. The van der Waals surface area contributed by atoms with Gasteiger partial charge in [-0.05, 0) is 78.6 Å². The highest BCUT2D eigenvalue weighted by Crippen LogP contribution is 2.39. The van der Waals surface area contributed by atoms with E-state index in [9.17, 15) is 22.8 Å². The van der Waals surface area contributed by atoms with Crippen molar-refractivity contribution in [2.24, 2.45) is 11.8 Å². The third kappa shape index (κ3) is 7.41. The number of carbonyl (C=O) groups is 2. The lowest BCUT2D eigenvalue weighted by molar-refractivity contribution is -0.159. The first kappa shape index (κ1) is 31.1. The summed E-state index contributed by atoms with van der Waals surface area (Å²) in [7, 11) is 0. The van der Waals surface area contributed by atoms with Crippen LogP contribution in [-0.4, -0.2) is 37.6 Å². The third-order valence-electron chi connectivity index (χ3n) is 8.51. The number of benzene rings is 3. The highest BCUT2D eigenvalue weighted by atomic mass is 19.4. The molecule has 230 valence electrons. The van der Waals surface area contributed by atoms with Gasteiger partial charge in [0.05, 0.1) is 11.8 Å². The molecule has 5 rings (SSSR count). The zero-order valence-corrected chi connectivity index (χ0v) is 24.8. The van der Waals surface area contributed by atoms with Crippen LogP contribution in [0.1, 0.15) is 60.0 Å².